The van der Waals surface area contributed by atoms with Gasteiger partial charge in [-0.25, -0.2) is 0 Å². The molecule has 0 spiro atoms. The third-order valence-corrected chi connectivity index (χ3v) is 3.35. The van der Waals surface area contributed by atoms with E-state index < -0.39 is 0 Å². The predicted octanol–water partition coefficient (Wildman–Crippen LogP) is 2.71. The fourth-order valence-electron chi connectivity index (χ4n) is 2.19. The molecular weight excluding hydrogens is 308 g/mol. The van der Waals surface area contributed by atoms with E-state index in [-0.39, 0.29) is 12.5 Å². The normalized spacial score (nSPS) is 11.0. The van der Waals surface area contributed by atoms with Crippen molar-refractivity contribution in [2.45, 2.75) is 13.5 Å². The van der Waals surface area contributed by atoms with Gasteiger partial charge in [0.2, 0.25) is 11.8 Å². The molecular formula is C17H18N4O3. The molecule has 124 valence electrons. The van der Waals surface area contributed by atoms with Gasteiger partial charge in [-0.2, -0.15) is 0 Å². The van der Waals surface area contributed by atoms with Crippen LogP contribution < -0.4 is 5.32 Å². The van der Waals surface area contributed by atoms with Crippen LogP contribution in [0.3, 0.4) is 0 Å². The highest BCUT2D eigenvalue weighted by Crippen LogP contribution is 2.18. The average Bonchev–Trinajstić information content (AvgIpc) is 3.20. The lowest BCUT2D eigenvalue weighted by Crippen LogP contribution is -2.29. The Kier molecular flexibility index (Phi) is 4.72. The van der Waals surface area contributed by atoms with E-state index in [9.17, 15) is 4.79 Å². The first-order valence-corrected chi connectivity index (χ1v) is 7.51. The summed E-state index contributed by atoms with van der Waals surface area (Å²) in [5.41, 5.74) is 1.92. The first kappa shape index (κ1) is 15.9. The van der Waals surface area contributed by atoms with Gasteiger partial charge in [0.25, 0.3) is 5.89 Å². The van der Waals surface area contributed by atoms with E-state index in [1.165, 1.54) is 0 Å². The maximum Gasteiger partial charge on any atom is 0.283 e. The van der Waals surface area contributed by atoms with Crippen LogP contribution in [-0.2, 0) is 11.3 Å². The monoisotopic (exact) mass is 326 g/mol. The summed E-state index contributed by atoms with van der Waals surface area (Å²) >= 11 is 0. The van der Waals surface area contributed by atoms with E-state index in [2.05, 4.69) is 15.5 Å². The van der Waals surface area contributed by atoms with Crippen LogP contribution in [-0.4, -0.2) is 34.6 Å². The van der Waals surface area contributed by atoms with Crippen molar-refractivity contribution in [1.82, 2.24) is 15.1 Å². The first-order valence-electron chi connectivity index (χ1n) is 7.51. The lowest BCUT2D eigenvalue weighted by atomic mass is 10.2. The Morgan fingerprint density at radius 1 is 1.21 bits per heavy atom. The van der Waals surface area contributed by atoms with Crippen molar-refractivity contribution in [2.24, 2.45) is 0 Å². The molecule has 2 aromatic heterocycles. The van der Waals surface area contributed by atoms with Crippen LogP contribution in [0, 0.1) is 6.92 Å². The number of rotatable bonds is 6. The van der Waals surface area contributed by atoms with Crippen LogP contribution in [0.4, 0.5) is 5.69 Å². The minimum absolute atomic E-state index is 0.105. The first-order chi connectivity index (χ1) is 11.6. The van der Waals surface area contributed by atoms with Crippen molar-refractivity contribution in [3.05, 3.63) is 54.1 Å². The molecule has 0 fully saturated rings. The summed E-state index contributed by atoms with van der Waals surface area (Å²) in [7, 11) is 1.81. The lowest BCUT2D eigenvalue weighted by molar-refractivity contribution is -0.117. The molecule has 0 aliphatic rings. The molecule has 2 heterocycles. The number of anilines is 1. The molecule has 0 saturated carbocycles. The minimum Gasteiger partial charge on any atom is -0.459 e. The molecule has 0 aliphatic carbocycles. The van der Waals surface area contributed by atoms with E-state index >= 15 is 0 Å². The Labute approximate surface area is 139 Å². The van der Waals surface area contributed by atoms with E-state index in [1.807, 2.05) is 38.2 Å². The van der Waals surface area contributed by atoms with Gasteiger partial charge in [-0.3, -0.25) is 9.69 Å². The molecule has 1 N–H and O–H groups in total. The van der Waals surface area contributed by atoms with Crippen molar-refractivity contribution in [3.8, 4) is 11.7 Å². The van der Waals surface area contributed by atoms with Gasteiger partial charge in [-0.05, 0) is 38.2 Å². The van der Waals surface area contributed by atoms with Gasteiger partial charge >= 0.3 is 0 Å². The average molecular weight is 326 g/mol. The molecule has 0 radical (unpaired) electrons. The van der Waals surface area contributed by atoms with Crippen LogP contribution in [0.25, 0.3) is 11.7 Å². The number of carbonyl (C=O) groups excluding carboxylic acids is 1. The van der Waals surface area contributed by atoms with Crippen LogP contribution in [0.1, 0.15) is 11.5 Å². The number of hydrogen-bond acceptors (Lipinski definition) is 6. The molecule has 1 aromatic carbocycles. The zero-order valence-electron chi connectivity index (χ0n) is 13.5. The topological polar surface area (TPSA) is 84.4 Å². The van der Waals surface area contributed by atoms with Crippen LogP contribution in [0.15, 0.2) is 51.5 Å². The number of amides is 1. The summed E-state index contributed by atoms with van der Waals surface area (Å²) < 4.78 is 10.7. The van der Waals surface area contributed by atoms with Crippen LogP contribution >= 0.6 is 0 Å². The third-order valence-electron chi connectivity index (χ3n) is 3.35. The van der Waals surface area contributed by atoms with Crippen molar-refractivity contribution in [2.75, 3.05) is 18.9 Å². The molecule has 7 nitrogen and oxygen atoms in total. The Morgan fingerprint density at radius 3 is 2.71 bits per heavy atom. The number of benzene rings is 1. The molecule has 0 aliphatic heterocycles. The molecule has 1 amide bonds. The fraction of sp³-hybridized carbons (Fsp3) is 0.235. The highest BCUT2D eigenvalue weighted by molar-refractivity contribution is 5.92. The van der Waals surface area contributed by atoms with Gasteiger partial charge in [0, 0.05) is 5.69 Å². The predicted molar refractivity (Wildman–Crippen MR) is 88.1 cm³/mol. The second-order valence-electron chi connectivity index (χ2n) is 5.56. The number of aromatic nitrogens is 2. The van der Waals surface area contributed by atoms with Crippen LogP contribution in [0.5, 0.6) is 0 Å². The van der Waals surface area contributed by atoms with Gasteiger partial charge in [-0.15, -0.1) is 10.2 Å². The highest BCUT2D eigenvalue weighted by Gasteiger charge is 2.14. The van der Waals surface area contributed by atoms with E-state index in [0.717, 1.165) is 11.3 Å². The molecule has 0 atom stereocenters. The number of furan rings is 1. The van der Waals surface area contributed by atoms with E-state index in [0.29, 0.717) is 24.1 Å². The van der Waals surface area contributed by atoms with Crippen LogP contribution in [0.2, 0.25) is 0 Å². The third kappa shape index (κ3) is 4.08. The molecule has 24 heavy (non-hydrogen) atoms. The Hall–Kier alpha value is -2.93. The maximum absolute atomic E-state index is 12.1. The van der Waals surface area contributed by atoms with Gasteiger partial charge in [-0.1, -0.05) is 17.7 Å². The number of hydrogen-bond donors (Lipinski definition) is 1. The van der Waals surface area contributed by atoms with Gasteiger partial charge < -0.3 is 14.2 Å². The van der Waals surface area contributed by atoms with Crippen molar-refractivity contribution in [3.63, 3.8) is 0 Å². The fourth-order valence-corrected chi connectivity index (χ4v) is 2.19. The smallest absolute Gasteiger partial charge is 0.283 e. The number of nitrogens with zero attached hydrogens (tertiary/aromatic N) is 3. The Morgan fingerprint density at radius 2 is 2.00 bits per heavy atom. The van der Waals surface area contributed by atoms with E-state index in [4.69, 9.17) is 8.83 Å². The van der Waals surface area contributed by atoms with Gasteiger partial charge in [0.1, 0.15) is 0 Å². The van der Waals surface area contributed by atoms with Crippen molar-refractivity contribution in [1.29, 1.82) is 0 Å². The SMILES string of the molecule is Cc1ccc(NC(=O)CN(C)Cc2nnc(-c3ccco3)o2)cc1. The number of nitrogens with one attached hydrogen (secondary N) is 1. The quantitative estimate of drug-likeness (QED) is 0.750. The second kappa shape index (κ2) is 7.10. The number of likely N-dealkylation sites (N-methyl/N-ethyl adjacent to an activating group) is 1. The summed E-state index contributed by atoms with van der Waals surface area (Å²) in [4.78, 5) is 13.9. The minimum atomic E-state index is -0.105. The highest BCUT2D eigenvalue weighted by atomic mass is 16.4. The summed E-state index contributed by atoms with van der Waals surface area (Å²) in [5.74, 6) is 1.17. The molecule has 0 bridgehead atoms. The van der Waals surface area contributed by atoms with Crippen molar-refractivity contribution >= 4 is 11.6 Å². The zero-order valence-corrected chi connectivity index (χ0v) is 13.5. The number of aryl methyl sites for hydroxylation is 1. The Balaban J connectivity index is 1.52. The summed E-state index contributed by atoms with van der Waals surface area (Å²) in [6.45, 7) is 2.59. The summed E-state index contributed by atoms with van der Waals surface area (Å²) in [5, 5.41) is 10.7. The summed E-state index contributed by atoms with van der Waals surface area (Å²) in [6, 6.07) is 11.2. The number of carbonyl (C=O) groups is 1. The Bertz CT molecular complexity index is 794. The van der Waals surface area contributed by atoms with Gasteiger partial charge in [0.15, 0.2) is 5.76 Å². The zero-order chi connectivity index (χ0) is 16.9. The standard InChI is InChI=1S/C17H18N4O3/c1-12-5-7-13(8-6-12)18-15(22)10-21(2)11-16-19-20-17(24-16)14-4-3-9-23-14/h3-9H,10-11H2,1-2H3,(H,18,22). The second-order valence-corrected chi connectivity index (χ2v) is 5.56. The van der Waals surface area contributed by atoms with Crippen molar-refractivity contribution < 1.29 is 13.6 Å². The molecule has 3 rings (SSSR count). The molecule has 0 saturated heterocycles. The molecule has 7 heteroatoms. The largest absolute Gasteiger partial charge is 0.459 e. The molecule has 0 unspecified atom stereocenters. The molecule has 3 aromatic rings. The van der Waals surface area contributed by atoms with E-state index in [1.54, 1.807) is 23.3 Å². The lowest BCUT2D eigenvalue weighted by Gasteiger charge is -2.14. The maximum atomic E-state index is 12.1. The summed E-state index contributed by atoms with van der Waals surface area (Å²) in [6.07, 6.45) is 1.54. The van der Waals surface area contributed by atoms with Gasteiger partial charge in [0.05, 0.1) is 19.4 Å².